The van der Waals surface area contributed by atoms with Crippen molar-refractivity contribution in [2.75, 3.05) is 13.1 Å². The van der Waals surface area contributed by atoms with E-state index in [1.807, 2.05) is 0 Å². The Balaban J connectivity index is 1.51. The number of fused-ring (bicyclic) bond motifs is 3. The molecule has 1 saturated heterocycles. The van der Waals surface area contributed by atoms with E-state index in [0.717, 1.165) is 18.8 Å². The molecule has 0 aromatic rings. The number of hydrogen-bond acceptors (Lipinski definition) is 2. The molecule has 0 radical (unpaired) electrons. The third kappa shape index (κ3) is 3.76. The summed E-state index contributed by atoms with van der Waals surface area (Å²) in [4.78, 5) is 13.6. The molecule has 2 heteroatoms. The maximum absolute atomic E-state index is 13.6. The zero-order valence-electron chi connectivity index (χ0n) is 20.1. The average molecular weight is 412 g/mol. The van der Waals surface area contributed by atoms with Crippen molar-refractivity contribution in [3.8, 4) is 0 Å². The van der Waals surface area contributed by atoms with Gasteiger partial charge in [0.05, 0.1) is 0 Å². The number of carbonyl (C=O) groups excluding carboxylic acids is 1. The molecular weight excluding hydrogens is 366 g/mol. The Morgan fingerprint density at radius 2 is 1.90 bits per heavy atom. The summed E-state index contributed by atoms with van der Waals surface area (Å²) in [6, 6.07) is 0. The first kappa shape index (κ1) is 22.3. The Labute approximate surface area is 185 Å². The van der Waals surface area contributed by atoms with E-state index in [4.69, 9.17) is 0 Å². The zero-order chi connectivity index (χ0) is 21.5. The lowest BCUT2D eigenvalue weighted by molar-refractivity contribution is -0.152. The molecule has 4 rings (SSSR count). The third-order valence-corrected chi connectivity index (χ3v) is 10.4. The van der Waals surface area contributed by atoms with Crippen LogP contribution in [0.3, 0.4) is 0 Å². The van der Waals surface area contributed by atoms with Gasteiger partial charge in [-0.05, 0) is 106 Å². The van der Waals surface area contributed by atoms with Gasteiger partial charge in [0.25, 0.3) is 0 Å². The molecule has 6 atom stereocenters. The van der Waals surface area contributed by atoms with Crippen molar-refractivity contribution in [3.63, 3.8) is 0 Å². The predicted octanol–water partition coefficient (Wildman–Crippen LogP) is 6.72. The van der Waals surface area contributed by atoms with Gasteiger partial charge in [-0.1, -0.05) is 51.0 Å². The molecule has 0 aromatic carbocycles. The average Bonchev–Trinajstić information content (AvgIpc) is 2.74. The van der Waals surface area contributed by atoms with E-state index in [1.54, 1.807) is 5.57 Å². The number of nitrogens with one attached hydrogen (secondary N) is 1. The monoisotopic (exact) mass is 411 g/mol. The van der Waals surface area contributed by atoms with Gasteiger partial charge in [-0.3, -0.25) is 4.79 Å². The number of hydrogen-bond donors (Lipinski definition) is 1. The molecule has 0 amide bonds. The summed E-state index contributed by atoms with van der Waals surface area (Å²) in [5.74, 6) is 3.37. The molecule has 0 bridgehead atoms. The summed E-state index contributed by atoms with van der Waals surface area (Å²) in [6.07, 6.45) is 14.6. The fourth-order valence-electron chi connectivity index (χ4n) is 8.01. The minimum Gasteiger partial charge on any atom is -0.317 e. The first-order chi connectivity index (χ1) is 14.3. The number of ketones is 1. The van der Waals surface area contributed by atoms with Crippen LogP contribution in [0, 0.1) is 40.4 Å². The summed E-state index contributed by atoms with van der Waals surface area (Å²) >= 11 is 0. The number of allylic oxidation sites excluding steroid dienone is 3. The quantitative estimate of drug-likeness (QED) is 0.520. The van der Waals surface area contributed by atoms with E-state index in [0.29, 0.717) is 29.0 Å². The van der Waals surface area contributed by atoms with E-state index in [-0.39, 0.29) is 11.3 Å². The number of Topliss-reactive ketones (excluding diaryl/α,β-unsaturated/α-hetero) is 1. The molecule has 2 nitrogen and oxygen atoms in total. The largest absolute Gasteiger partial charge is 0.317 e. The highest BCUT2D eigenvalue weighted by Gasteiger charge is 2.59. The Bertz CT molecular complexity index is 701. The van der Waals surface area contributed by atoms with Crippen LogP contribution >= 0.6 is 0 Å². The van der Waals surface area contributed by atoms with Crippen molar-refractivity contribution >= 4 is 5.78 Å². The van der Waals surface area contributed by atoms with Gasteiger partial charge >= 0.3 is 0 Å². The van der Waals surface area contributed by atoms with Crippen LogP contribution in [-0.2, 0) is 4.79 Å². The molecule has 3 saturated carbocycles. The van der Waals surface area contributed by atoms with E-state index in [9.17, 15) is 4.79 Å². The Morgan fingerprint density at radius 1 is 1.17 bits per heavy atom. The molecule has 1 N–H and O–H groups in total. The van der Waals surface area contributed by atoms with Crippen LogP contribution in [0.5, 0.6) is 0 Å². The molecule has 0 spiro atoms. The van der Waals surface area contributed by atoms with Gasteiger partial charge in [0.15, 0.2) is 0 Å². The highest BCUT2D eigenvalue weighted by atomic mass is 16.1. The van der Waals surface area contributed by atoms with Gasteiger partial charge < -0.3 is 5.32 Å². The SMILES string of the molecule is C=C(C)C1(C)CCC2C(C(=O)CC3C/C(=C/CC4CCNCC4)CCC32C)C1CC. The summed E-state index contributed by atoms with van der Waals surface area (Å²) in [7, 11) is 0. The molecule has 168 valence electrons. The van der Waals surface area contributed by atoms with Gasteiger partial charge in [-0.25, -0.2) is 0 Å². The number of carbonyl (C=O) groups is 1. The van der Waals surface area contributed by atoms with Gasteiger partial charge in [0.2, 0.25) is 0 Å². The fraction of sp³-hybridized carbons (Fsp3) is 0.821. The lowest BCUT2D eigenvalue weighted by Crippen LogP contribution is -2.56. The van der Waals surface area contributed by atoms with Crippen molar-refractivity contribution < 1.29 is 4.79 Å². The number of rotatable bonds is 4. The summed E-state index contributed by atoms with van der Waals surface area (Å²) in [5, 5.41) is 3.48. The number of piperidine rings is 1. The molecule has 30 heavy (non-hydrogen) atoms. The Hall–Kier alpha value is -0.890. The van der Waals surface area contributed by atoms with Crippen molar-refractivity contribution in [3.05, 3.63) is 23.8 Å². The molecule has 4 aliphatic rings. The molecule has 1 heterocycles. The fourth-order valence-corrected chi connectivity index (χ4v) is 8.01. The summed E-state index contributed by atoms with van der Waals surface area (Å²) in [5.41, 5.74) is 3.45. The summed E-state index contributed by atoms with van der Waals surface area (Å²) < 4.78 is 0. The van der Waals surface area contributed by atoms with Crippen molar-refractivity contribution in [1.82, 2.24) is 5.32 Å². The van der Waals surface area contributed by atoms with Gasteiger partial charge in [-0.2, -0.15) is 0 Å². The van der Waals surface area contributed by atoms with Crippen LogP contribution < -0.4 is 5.32 Å². The van der Waals surface area contributed by atoms with Crippen LogP contribution in [0.1, 0.15) is 91.9 Å². The lowest BCUT2D eigenvalue weighted by Gasteiger charge is -2.60. The van der Waals surface area contributed by atoms with Gasteiger partial charge in [0.1, 0.15) is 5.78 Å². The standard InChI is InChI=1S/C28H45NO/c1-6-23-26-24(10-14-27(23,4)19(2)3)28(5)13-9-21(17-22(28)18-25(26)30)8-7-20-11-15-29-16-12-20/h8,20,22-24,26,29H,2,6-7,9-18H2,1,3-5H3/b21-8+. The van der Waals surface area contributed by atoms with Crippen molar-refractivity contribution in [1.29, 1.82) is 0 Å². The normalized spacial score (nSPS) is 43.9. The maximum atomic E-state index is 13.6. The third-order valence-electron chi connectivity index (χ3n) is 10.4. The molecule has 6 unspecified atom stereocenters. The Morgan fingerprint density at radius 3 is 2.57 bits per heavy atom. The molecule has 1 aliphatic heterocycles. The van der Waals surface area contributed by atoms with Crippen LogP contribution in [0.15, 0.2) is 23.8 Å². The first-order valence-corrected chi connectivity index (χ1v) is 12.9. The van der Waals surface area contributed by atoms with Crippen molar-refractivity contribution in [2.45, 2.75) is 91.9 Å². The smallest absolute Gasteiger partial charge is 0.136 e. The van der Waals surface area contributed by atoms with Gasteiger partial charge in [-0.15, -0.1) is 0 Å². The highest BCUT2D eigenvalue weighted by Crippen LogP contribution is 2.64. The molecular formula is C28H45NO. The zero-order valence-corrected chi connectivity index (χ0v) is 20.1. The first-order valence-electron chi connectivity index (χ1n) is 12.9. The topological polar surface area (TPSA) is 29.1 Å². The molecule has 4 fully saturated rings. The van der Waals surface area contributed by atoms with Crippen LogP contribution in [0.25, 0.3) is 0 Å². The molecule has 3 aliphatic carbocycles. The minimum absolute atomic E-state index is 0.142. The molecule has 0 aromatic heterocycles. The summed E-state index contributed by atoms with van der Waals surface area (Å²) in [6.45, 7) is 16.2. The second-order valence-electron chi connectivity index (χ2n) is 11.8. The highest BCUT2D eigenvalue weighted by molar-refractivity contribution is 5.83. The predicted molar refractivity (Wildman–Crippen MR) is 126 cm³/mol. The minimum atomic E-state index is 0.142. The van der Waals surface area contributed by atoms with E-state index in [2.05, 4.69) is 45.7 Å². The van der Waals surface area contributed by atoms with Gasteiger partial charge in [0, 0.05) is 12.3 Å². The van der Waals surface area contributed by atoms with Crippen molar-refractivity contribution in [2.24, 2.45) is 40.4 Å². The van der Waals surface area contributed by atoms with E-state index < -0.39 is 0 Å². The van der Waals surface area contributed by atoms with E-state index >= 15 is 0 Å². The van der Waals surface area contributed by atoms with Crippen LogP contribution in [0.4, 0.5) is 0 Å². The second kappa shape index (κ2) is 8.57. The maximum Gasteiger partial charge on any atom is 0.136 e. The Kier molecular flexibility index (Phi) is 6.37. The van der Waals surface area contributed by atoms with Crippen LogP contribution in [0.2, 0.25) is 0 Å². The lowest BCUT2D eigenvalue weighted by atomic mass is 9.43. The second-order valence-corrected chi connectivity index (χ2v) is 11.8. The van der Waals surface area contributed by atoms with E-state index in [1.165, 1.54) is 70.0 Å². The van der Waals surface area contributed by atoms with Crippen LogP contribution in [-0.4, -0.2) is 18.9 Å².